The number of rotatable bonds is 11. The van der Waals surface area contributed by atoms with Gasteiger partial charge in [-0.2, -0.15) is 0 Å². The highest BCUT2D eigenvalue weighted by Crippen LogP contribution is 2.16. The highest BCUT2D eigenvalue weighted by molar-refractivity contribution is 9.10. The lowest BCUT2D eigenvalue weighted by molar-refractivity contribution is 0.116. The molecule has 1 aromatic carbocycles. The number of halogens is 2. The second-order valence-corrected chi connectivity index (χ2v) is 6.08. The van der Waals surface area contributed by atoms with Crippen LogP contribution < -0.4 is 4.74 Å². The minimum atomic E-state index is 0.714. The molecular formula is C15H22Br2O2. The van der Waals surface area contributed by atoms with Crippen LogP contribution >= 0.6 is 31.9 Å². The summed E-state index contributed by atoms with van der Waals surface area (Å²) < 4.78 is 12.3. The molecular weight excluding hydrogens is 372 g/mol. The van der Waals surface area contributed by atoms with Gasteiger partial charge in [0.15, 0.2) is 0 Å². The van der Waals surface area contributed by atoms with Crippen molar-refractivity contribution in [3.63, 3.8) is 0 Å². The van der Waals surface area contributed by atoms with Gasteiger partial charge in [-0.05, 0) is 37.1 Å². The molecule has 0 aliphatic rings. The Morgan fingerprint density at radius 1 is 0.789 bits per heavy atom. The van der Waals surface area contributed by atoms with Crippen molar-refractivity contribution in [2.75, 3.05) is 25.2 Å². The largest absolute Gasteiger partial charge is 0.494 e. The second-order valence-electron chi connectivity index (χ2n) is 4.37. The summed E-state index contributed by atoms with van der Waals surface area (Å²) in [5.74, 6) is 0.915. The average molecular weight is 394 g/mol. The molecule has 4 heteroatoms. The fourth-order valence-electron chi connectivity index (χ4n) is 1.64. The standard InChI is InChI=1S/C15H22Br2O2/c16-10-3-1-2-4-11-18-12-5-13-19-15-8-6-14(17)7-9-15/h6-9H,1-5,10-13H2. The summed E-state index contributed by atoms with van der Waals surface area (Å²) in [6, 6.07) is 7.90. The molecule has 0 amide bonds. The Labute approximate surface area is 133 Å². The van der Waals surface area contributed by atoms with Crippen molar-refractivity contribution in [2.24, 2.45) is 0 Å². The van der Waals surface area contributed by atoms with Crippen molar-refractivity contribution in [3.8, 4) is 5.75 Å². The first-order chi connectivity index (χ1) is 9.33. The van der Waals surface area contributed by atoms with E-state index in [-0.39, 0.29) is 0 Å². The van der Waals surface area contributed by atoms with Crippen LogP contribution in [0.2, 0.25) is 0 Å². The maximum Gasteiger partial charge on any atom is 0.119 e. The molecule has 0 saturated heterocycles. The molecule has 0 aliphatic heterocycles. The van der Waals surface area contributed by atoms with Gasteiger partial charge in [-0.15, -0.1) is 0 Å². The van der Waals surface area contributed by atoms with Crippen molar-refractivity contribution in [1.29, 1.82) is 0 Å². The van der Waals surface area contributed by atoms with Crippen molar-refractivity contribution >= 4 is 31.9 Å². The molecule has 0 heterocycles. The molecule has 1 rings (SSSR count). The molecule has 0 spiro atoms. The van der Waals surface area contributed by atoms with E-state index in [4.69, 9.17) is 9.47 Å². The van der Waals surface area contributed by atoms with E-state index in [0.717, 1.165) is 35.2 Å². The lowest BCUT2D eigenvalue weighted by Crippen LogP contribution is -2.04. The molecule has 0 unspecified atom stereocenters. The lowest BCUT2D eigenvalue weighted by Gasteiger charge is -2.07. The van der Waals surface area contributed by atoms with Gasteiger partial charge in [-0.1, -0.05) is 44.7 Å². The Bertz CT molecular complexity index is 314. The van der Waals surface area contributed by atoms with Gasteiger partial charge < -0.3 is 9.47 Å². The number of unbranched alkanes of at least 4 members (excludes halogenated alkanes) is 3. The maximum absolute atomic E-state index is 5.61. The zero-order valence-corrected chi connectivity index (χ0v) is 14.4. The van der Waals surface area contributed by atoms with E-state index in [1.54, 1.807) is 0 Å². The smallest absolute Gasteiger partial charge is 0.119 e. The summed E-state index contributed by atoms with van der Waals surface area (Å²) in [6.07, 6.45) is 5.93. The van der Waals surface area contributed by atoms with Crippen molar-refractivity contribution < 1.29 is 9.47 Å². The van der Waals surface area contributed by atoms with Crippen LogP contribution in [0, 0.1) is 0 Å². The third-order valence-electron chi connectivity index (χ3n) is 2.69. The molecule has 0 atom stereocenters. The molecule has 0 saturated carbocycles. The Hall–Kier alpha value is -0.0600. The van der Waals surface area contributed by atoms with Crippen LogP contribution in [-0.4, -0.2) is 25.2 Å². The molecule has 0 bridgehead atoms. The zero-order valence-electron chi connectivity index (χ0n) is 11.2. The number of hydrogen-bond acceptors (Lipinski definition) is 2. The van der Waals surface area contributed by atoms with Gasteiger partial charge in [0.1, 0.15) is 5.75 Å². The molecule has 0 fully saturated rings. The summed E-state index contributed by atoms with van der Waals surface area (Å²) in [5.41, 5.74) is 0. The van der Waals surface area contributed by atoms with E-state index in [0.29, 0.717) is 6.61 Å². The van der Waals surface area contributed by atoms with Gasteiger partial charge >= 0.3 is 0 Å². The third-order valence-corrected chi connectivity index (χ3v) is 3.78. The summed E-state index contributed by atoms with van der Waals surface area (Å²) in [6.45, 7) is 2.38. The van der Waals surface area contributed by atoms with Gasteiger partial charge in [0.05, 0.1) is 6.61 Å². The number of ether oxygens (including phenoxy) is 2. The fraction of sp³-hybridized carbons (Fsp3) is 0.600. The third kappa shape index (κ3) is 9.47. The van der Waals surface area contributed by atoms with E-state index in [1.807, 2.05) is 24.3 Å². The van der Waals surface area contributed by atoms with Gasteiger partial charge in [0.25, 0.3) is 0 Å². The van der Waals surface area contributed by atoms with Crippen molar-refractivity contribution in [2.45, 2.75) is 32.1 Å². The van der Waals surface area contributed by atoms with Crippen LogP contribution in [0.1, 0.15) is 32.1 Å². The summed E-state index contributed by atoms with van der Waals surface area (Å²) >= 11 is 6.84. The maximum atomic E-state index is 5.61. The van der Waals surface area contributed by atoms with Crippen LogP contribution in [0.4, 0.5) is 0 Å². The predicted octanol–water partition coefficient (Wildman–Crippen LogP) is 5.19. The minimum absolute atomic E-state index is 0.714. The molecule has 108 valence electrons. The van der Waals surface area contributed by atoms with E-state index in [9.17, 15) is 0 Å². The van der Waals surface area contributed by atoms with Crippen LogP contribution in [0.15, 0.2) is 28.7 Å². The molecule has 0 aromatic heterocycles. The molecule has 19 heavy (non-hydrogen) atoms. The monoisotopic (exact) mass is 392 g/mol. The van der Waals surface area contributed by atoms with Crippen LogP contribution in [0.25, 0.3) is 0 Å². The first kappa shape index (κ1) is 17.0. The Balaban J connectivity index is 1.87. The van der Waals surface area contributed by atoms with E-state index >= 15 is 0 Å². The first-order valence-electron chi connectivity index (χ1n) is 6.85. The Morgan fingerprint density at radius 3 is 2.21 bits per heavy atom. The summed E-state index contributed by atoms with van der Waals surface area (Å²) in [5, 5.41) is 1.11. The lowest BCUT2D eigenvalue weighted by atomic mass is 10.2. The predicted molar refractivity (Wildman–Crippen MR) is 87.3 cm³/mol. The summed E-state index contributed by atoms with van der Waals surface area (Å²) in [4.78, 5) is 0. The SMILES string of the molecule is BrCCCCCCOCCCOc1ccc(Br)cc1. The first-order valence-corrected chi connectivity index (χ1v) is 8.76. The van der Waals surface area contributed by atoms with Crippen LogP contribution in [0.5, 0.6) is 5.75 Å². The zero-order chi connectivity index (χ0) is 13.8. The van der Waals surface area contributed by atoms with Crippen LogP contribution in [0.3, 0.4) is 0 Å². The number of benzene rings is 1. The van der Waals surface area contributed by atoms with Crippen molar-refractivity contribution in [3.05, 3.63) is 28.7 Å². The fourth-order valence-corrected chi connectivity index (χ4v) is 2.30. The normalized spacial score (nSPS) is 10.6. The van der Waals surface area contributed by atoms with E-state index in [1.165, 1.54) is 25.7 Å². The quantitative estimate of drug-likeness (QED) is 0.380. The van der Waals surface area contributed by atoms with Crippen molar-refractivity contribution in [1.82, 2.24) is 0 Å². The van der Waals surface area contributed by atoms with E-state index < -0.39 is 0 Å². The minimum Gasteiger partial charge on any atom is -0.494 e. The molecule has 0 radical (unpaired) electrons. The molecule has 2 nitrogen and oxygen atoms in total. The Morgan fingerprint density at radius 2 is 1.47 bits per heavy atom. The molecule has 0 aliphatic carbocycles. The average Bonchev–Trinajstić information content (AvgIpc) is 2.43. The van der Waals surface area contributed by atoms with Crippen LogP contribution in [-0.2, 0) is 4.74 Å². The van der Waals surface area contributed by atoms with Gasteiger partial charge in [-0.3, -0.25) is 0 Å². The summed E-state index contributed by atoms with van der Waals surface area (Å²) in [7, 11) is 0. The van der Waals surface area contributed by atoms with E-state index in [2.05, 4.69) is 31.9 Å². The topological polar surface area (TPSA) is 18.5 Å². The molecule has 0 N–H and O–H groups in total. The highest BCUT2D eigenvalue weighted by Gasteiger charge is 1.95. The second kappa shape index (κ2) is 11.7. The Kier molecular flexibility index (Phi) is 10.5. The van der Waals surface area contributed by atoms with Gasteiger partial charge in [-0.25, -0.2) is 0 Å². The van der Waals surface area contributed by atoms with Gasteiger partial charge in [0, 0.05) is 29.4 Å². The molecule has 1 aromatic rings. The highest BCUT2D eigenvalue weighted by atomic mass is 79.9. The number of hydrogen-bond donors (Lipinski definition) is 0. The van der Waals surface area contributed by atoms with Gasteiger partial charge in [0.2, 0.25) is 0 Å². The number of alkyl halides is 1.